The second-order valence-electron chi connectivity index (χ2n) is 6.72. The van der Waals surface area contributed by atoms with Crippen LogP contribution in [0.25, 0.3) is 0 Å². The summed E-state index contributed by atoms with van der Waals surface area (Å²) in [7, 11) is 3.80. The highest BCUT2D eigenvalue weighted by Crippen LogP contribution is 2.32. The molecule has 0 saturated heterocycles. The predicted octanol–water partition coefficient (Wildman–Crippen LogP) is 3.68. The average molecular weight is 329 g/mol. The molecule has 0 aliphatic heterocycles. The molecule has 1 aromatic carbocycles. The molecule has 0 spiro atoms. The molecule has 1 heterocycles. The second kappa shape index (κ2) is 7.71. The maximum atomic E-state index is 6.10. The van der Waals surface area contributed by atoms with Gasteiger partial charge < -0.3 is 9.47 Å². The van der Waals surface area contributed by atoms with Crippen molar-refractivity contribution in [3.63, 3.8) is 0 Å². The summed E-state index contributed by atoms with van der Waals surface area (Å²) >= 11 is 0. The fourth-order valence-electron chi connectivity index (χ4n) is 3.29. The molecule has 0 atom stereocenters. The summed E-state index contributed by atoms with van der Waals surface area (Å²) in [6.45, 7) is 3.67. The Balaban J connectivity index is 1.62. The van der Waals surface area contributed by atoms with Crippen LogP contribution in [0, 0.1) is 6.92 Å². The van der Waals surface area contributed by atoms with Crippen molar-refractivity contribution in [1.82, 2.24) is 15.1 Å². The molecule has 0 radical (unpaired) electrons. The Morgan fingerprint density at radius 3 is 2.62 bits per heavy atom. The number of nitrogens with zero attached hydrogens (tertiary/aromatic N) is 2. The van der Waals surface area contributed by atoms with Gasteiger partial charge in [0.25, 0.3) is 0 Å². The Labute approximate surface area is 144 Å². The van der Waals surface area contributed by atoms with Gasteiger partial charge in [-0.05, 0) is 63.4 Å². The van der Waals surface area contributed by atoms with Gasteiger partial charge in [0.05, 0.1) is 18.9 Å². The molecule has 5 nitrogen and oxygen atoms in total. The molecular formula is C19H27N3O2. The molecule has 1 aromatic heterocycles. The minimum Gasteiger partial charge on any atom is -0.493 e. The SMILES string of the molecule is COc1cc(CN(C)Cc2cc(C)[nH]n2)ccc1OC1CCCC1. The number of ether oxygens (including phenoxy) is 2. The highest BCUT2D eigenvalue weighted by atomic mass is 16.5. The highest BCUT2D eigenvalue weighted by Gasteiger charge is 2.18. The van der Waals surface area contributed by atoms with Crippen molar-refractivity contribution >= 4 is 0 Å². The second-order valence-corrected chi connectivity index (χ2v) is 6.72. The Hall–Kier alpha value is -2.01. The van der Waals surface area contributed by atoms with E-state index in [-0.39, 0.29) is 0 Å². The van der Waals surface area contributed by atoms with Crippen LogP contribution in [0.1, 0.15) is 42.6 Å². The molecule has 2 aromatic rings. The van der Waals surface area contributed by atoms with E-state index in [0.717, 1.165) is 48.8 Å². The number of aromatic nitrogens is 2. The number of hydrogen-bond acceptors (Lipinski definition) is 4. The van der Waals surface area contributed by atoms with Crippen molar-refractivity contribution in [3.05, 3.63) is 41.2 Å². The Morgan fingerprint density at radius 2 is 1.96 bits per heavy atom. The summed E-state index contributed by atoms with van der Waals surface area (Å²) < 4.78 is 11.6. The number of hydrogen-bond donors (Lipinski definition) is 1. The molecular weight excluding hydrogens is 302 g/mol. The van der Waals surface area contributed by atoms with Gasteiger partial charge in [-0.25, -0.2) is 0 Å². The molecule has 1 fully saturated rings. The third-order valence-electron chi connectivity index (χ3n) is 4.47. The molecule has 1 aliphatic rings. The standard InChI is InChI=1S/C19H27N3O2/c1-14-10-16(21-20-14)13-22(2)12-15-8-9-18(19(11-15)23-3)24-17-6-4-5-7-17/h8-11,17H,4-7,12-13H2,1-3H3,(H,20,21). The molecule has 5 heteroatoms. The van der Waals surface area contributed by atoms with E-state index in [4.69, 9.17) is 9.47 Å². The van der Waals surface area contributed by atoms with Crippen LogP contribution in [-0.4, -0.2) is 35.4 Å². The zero-order valence-corrected chi connectivity index (χ0v) is 14.8. The summed E-state index contributed by atoms with van der Waals surface area (Å²) in [6.07, 6.45) is 5.17. The molecule has 0 amide bonds. The molecule has 1 N–H and O–H groups in total. The quantitative estimate of drug-likeness (QED) is 0.842. The van der Waals surface area contributed by atoms with Crippen molar-refractivity contribution in [2.45, 2.75) is 51.8 Å². The van der Waals surface area contributed by atoms with Crippen LogP contribution < -0.4 is 9.47 Å². The van der Waals surface area contributed by atoms with Gasteiger partial charge in [0.1, 0.15) is 0 Å². The van der Waals surface area contributed by atoms with Crippen molar-refractivity contribution in [1.29, 1.82) is 0 Å². The van der Waals surface area contributed by atoms with Crippen molar-refractivity contribution in [3.8, 4) is 11.5 Å². The first-order chi connectivity index (χ1) is 11.6. The number of benzene rings is 1. The maximum Gasteiger partial charge on any atom is 0.161 e. The van der Waals surface area contributed by atoms with Crippen molar-refractivity contribution in [2.75, 3.05) is 14.2 Å². The summed E-state index contributed by atoms with van der Waals surface area (Å²) in [5, 5.41) is 7.28. The van der Waals surface area contributed by atoms with E-state index in [1.807, 2.05) is 13.0 Å². The largest absolute Gasteiger partial charge is 0.493 e. The molecule has 0 bridgehead atoms. The summed E-state index contributed by atoms with van der Waals surface area (Å²) in [4.78, 5) is 2.24. The van der Waals surface area contributed by atoms with E-state index in [1.165, 1.54) is 18.4 Å². The summed E-state index contributed by atoms with van der Waals surface area (Å²) in [5.74, 6) is 1.68. The Kier molecular flexibility index (Phi) is 5.41. The van der Waals surface area contributed by atoms with Crippen LogP contribution in [-0.2, 0) is 13.1 Å². The highest BCUT2D eigenvalue weighted by molar-refractivity contribution is 5.43. The lowest BCUT2D eigenvalue weighted by atomic mass is 10.2. The monoisotopic (exact) mass is 329 g/mol. The van der Waals surface area contributed by atoms with Crippen LogP contribution in [0.15, 0.2) is 24.3 Å². The van der Waals surface area contributed by atoms with E-state index < -0.39 is 0 Å². The van der Waals surface area contributed by atoms with E-state index in [2.05, 4.69) is 40.3 Å². The van der Waals surface area contributed by atoms with Gasteiger partial charge in [0.2, 0.25) is 0 Å². The Bertz CT molecular complexity index is 662. The fourth-order valence-corrected chi connectivity index (χ4v) is 3.29. The number of methoxy groups -OCH3 is 1. The summed E-state index contributed by atoms with van der Waals surface area (Å²) in [5.41, 5.74) is 3.36. The molecule has 3 rings (SSSR count). The lowest BCUT2D eigenvalue weighted by molar-refractivity contribution is 0.200. The van der Waals surface area contributed by atoms with Gasteiger partial charge in [0, 0.05) is 18.8 Å². The molecule has 1 saturated carbocycles. The van der Waals surface area contributed by atoms with Crippen LogP contribution in [0.4, 0.5) is 0 Å². The van der Waals surface area contributed by atoms with Crippen LogP contribution in [0.5, 0.6) is 11.5 Å². The Morgan fingerprint density at radius 1 is 1.17 bits per heavy atom. The number of nitrogens with one attached hydrogen (secondary N) is 1. The van der Waals surface area contributed by atoms with E-state index >= 15 is 0 Å². The van der Waals surface area contributed by atoms with Gasteiger partial charge in [-0.2, -0.15) is 5.10 Å². The fraction of sp³-hybridized carbons (Fsp3) is 0.526. The number of H-pyrrole nitrogens is 1. The number of aryl methyl sites for hydroxylation is 1. The van der Waals surface area contributed by atoms with E-state index in [9.17, 15) is 0 Å². The number of aromatic amines is 1. The average Bonchev–Trinajstić information content (AvgIpc) is 3.20. The molecule has 130 valence electrons. The zero-order chi connectivity index (χ0) is 16.9. The molecule has 0 unspecified atom stereocenters. The van der Waals surface area contributed by atoms with Crippen LogP contribution >= 0.6 is 0 Å². The first kappa shape index (κ1) is 16.8. The lowest BCUT2D eigenvalue weighted by Crippen LogP contribution is -2.17. The third-order valence-corrected chi connectivity index (χ3v) is 4.47. The van der Waals surface area contributed by atoms with Gasteiger partial charge in [-0.15, -0.1) is 0 Å². The predicted molar refractivity (Wildman–Crippen MR) is 94.4 cm³/mol. The molecule has 24 heavy (non-hydrogen) atoms. The topological polar surface area (TPSA) is 50.4 Å². The van der Waals surface area contributed by atoms with E-state index in [1.54, 1.807) is 7.11 Å². The van der Waals surface area contributed by atoms with Gasteiger partial charge in [-0.3, -0.25) is 10.00 Å². The smallest absolute Gasteiger partial charge is 0.161 e. The summed E-state index contributed by atoms with van der Waals surface area (Å²) in [6, 6.07) is 8.32. The van der Waals surface area contributed by atoms with Crippen molar-refractivity contribution in [2.24, 2.45) is 0 Å². The lowest BCUT2D eigenvalue weighted by Gasteiger charge is -2.19. The number of rotatable bonds is 7. The minimum atomic E-state index is 0.343. The van der Waals surface area contributed by atoms with Crippen LogP contribution in [0.3, 0.4) is 0 Å². The van der Waals surface area contributed by atoms with Gasteiger partial charge in [-0.1, -0.05) is 6.07 Å². The van der Waals surface area contributed by atoms with Gasteiger partial charge >= 0.3 is 0 Å². The normalized spacial score (nSPS) is 15.2. The van der Waals surface area contributed by atoms with Crippen LogP contribution in [0.2, 0.25) is 0 Å². The van der Waals surface area contributed by atoms with E-state index in [0.29, 0.717) is 6.10 Å². The third kappa shape index (κ3) is 4.29. The molecule has 1 aliphatic carbocycles. The first-order valence-corrected chi connectivity index (χ1v) is 8.67. The zero-order valence-electron chi connectivity index (χ0n) is 14.8. The minimum absolute atomic E-state index is 0.343. The van der Waals surface area contributed by atoms with Crippen molar-refractivity contribution < 1.29 is 9.47 Å². The first-order valence-electron chi connectivity index (χ1n) is 8.67. The van der Waals surface area contributed by atoms with Gasteiger partial charge in [0.15, 0.2) is 11.5 Å². The maximum absolute atomic E-state index is 6.10.